The van der Waals surface area contributed by atoms with Crippen LogP contribution in [-0.2, 0) is 17.9 Å². The van der Waals surface area contributed by atoms with Crippen molar-refractivity contribution >= 4 is 5.91 Å². The molecule has 0 saturated heterocycles. The summed E-state index contributed by atoms with van der Waals surface area (Å²) in [5.74, 6) is -0.203. The number of aryl methyl sites for hydroxylation is 1. The Bertz CT molecular complexity index is 430. The van der Waals surface area contributed by atoms with Crippen LogP contribution in [0, 0.1) is 6.92 Å². The van der Waals surface area contributed by atoms with Crippen molar-refractivity contribution in [3.63, 3.8) is 0 Å². The lowest BCUT2D eigenvalue weighted by atomic mass is 10.2. The van der Waals surface area contributed by atoms with Crippen molar-refractivity contribution in [3.8, 4) is 0 Å². The summed E-state index contributed by atoms with van der Waals surface area (Å²) >= 11 is 0. The second-order valence-electron chi connectivity index (χ2n) is 4.16. The summed E-state index contributed by atoms with van der Waals surface area (Å²) in [6.45, 7) is 12.5. The molecular weight excluding hydrogens is 268 g/mol. The molecule has 6 heteroatoms. The van der Waals surface area contributed by atoms with Gasteiger partial charge in [0.05, 0.1) is 12.8 Å². The summed E-state index contributed by atoms with van der Waals surface area (Å²) in [5.41, 5.74) is 2.51. The zero-order valence-electron chi connectivity index (χ0n) is 14.5. The van der Waals surface area contributed by atoms with E-state index in [1.165, 1.54) is 12.2 Å². The smallest absolute Gasteiger partial charge is 0.297 e. The molecule has 6 nitrogen and oxygen atoms in total. The first-order valence-electron chi connectivity index (χ1n) is 7.74. The molecule has 0 spiro atoms. The van der Waals surface area contributed by atoms with E-state index < -0.39 is 0 Å². The second kappa shape index (κ2) is 10.3. The molecule has 0 atom stereocenters. The van der Waals surface area contributed by atoms with Gasteiger partial charge >= 0.3 is 0 Å². The summed E-state index contributed by atoms with van der Waals surface area (Å²) in [6.07, 6.45) is 1.03. The van der Waals surface area contributed by atoms with Crippen LogP contribution in [0.1, 0.15) is 55.9 Å². The van der Waals surface area contributed by atoms with Gasteiger partial charge in [0.1, 0.15) is 0 Å². The minimum Gasteiger partial charge on any atom is -0.311 e. The van der Waals surface area contributed by atoms with Gasteiger partial charge in [-0.3, -0.25) is 14.3 Å². The van der Waals surface area contributed by atoms with Crippen molar-refractivity contribution in [2.75, 3.05) is 20.7 Å². The fourth-order valence-electron chi connectivity index (χ4n) is 1.99. The fraction of sp³-hybridized carbons (Fsp3) is 0.733. The topological polar surface area (TPSA) is 59.4 Å². The third kappa shape index (κ3) is 4.82. The Morgan fingerprint density at radius 2 is 1.95 bits per heavy atom. The summed E-state index contributed by atoms with van der Waals surface area (Å²) in [6, 6.07) is 0. The summed E-state index contributed by atoms with van der Waals surface area (Å²) in [5, 5.41) is 8.90. The van der Waals surface area contributed by atoms with Gasteiger partial charge in [0.15, 0.2) is 5.69 Å². The Labute approximate surface area is 128 Å². The molecule has 1 aromatic heterocycles. The van der Waals surface area contributed by atoms with Gasteiger partial charge in [-0.05, 0) is 19.9 Å². The lowest BCUT2D eigenvalue weighted by molar-refractivity contribution is -0.0761. The summed E-state index contributed by atoms with van der Waals surface area (Å²) in [7, 11) is 3.06. The molecule has 0 aliphatic carbocycles. The molecule has 21 heavy (non-hydrogen) atoms. The molecule has 2 rings (SSSR count). The molecule has 0 unspecified atom stereocenters. The predicted molar refractivity (Wildman–Crippen MR) is 85.1 cm³/mol. The molecule has 0 radical (unpaired) electrons. The molecule has 1 amide bonds. The average molecular weight is 298 g/mol. The fourth-order valence-corrected chi connectivity index (χ4v) is 1.99. The minimum absolute atomic E-state index is 0.203. The highest BCUT2D eigenvalue weighted by Crippen LogP contribution is 2.17. The predicted octanol–water partition coefficient (Wildman–Crippen LogP) is 2.37. The van der Waals surface area contributed by atoms with Crippen molar-refractivity contribution < 1.29 is 9.63 Å². The van der Waals surface area contributed by atoms with Crippen molar-refractivity contribution in [3.05, 3.63) is 17.0 Å². The Morgan fingerprint density at radius 1 is 1.33 bits per heavy atom. The zero-order chi connectivity index (χ0) is 16.4. The van der Waals surface area contributed by atoms with Gasteiger partial charge in [-0.2, -0.15) is 5.10 Å². The first-order chi connectivity index (χ1) is 10.1. The molecule has 0 saturated carbocycles. The van der Waals surface area contributed by atoms with Gasteiger partial charge in [-0.25, -0.2) is 5.06 Å². The number of carbonyl (C=O) groups excluding carboxylic acids is 1. The van der Waals surface area contributed by atoms with Crippen LogP contribution in [0.25, 0.3) is 0 Å². The third-order valence-corrected chi connectivity index (χ3v) is 3.10. The van der Waals surface area contributed by atoms with Crippen LogP contribution < -0.4 is 5.32 Å². The highest BCUT2D eigenvalue weighted by atomic mass is 16.7. The van der Waals surface area contributed by atoms with E-state index in [9.17, 15) is 4.79 Å². The van der Waals surface area contributed by atoms with E-state index in [0.29, 0.717) is 5.69 Å². The Balaban J connectivity index is 0.000000921. The van der Waals surface area contributed by atoms with E-state index in [2.05, 4.69) is 10.4 Å². The molecule has 122 valence electrons. The maximum absolute atomic E-state index is 12.0. The summed E-state index contributed by atoms with van der Waals surface area (Å²) < 4.78 is 1.92. The van der Waals surface area contributed by atoms with E-state index in [-0.39, 0.29) is 5.91 Å². The number of rotatable bonds is 2. The summed E-state index contributed by atoms with van der Waals surface area (Å²) in [4.78, 5) is 16.9. The van der Waals surface area contributed by atoms with Crippen molar-refractivity contribution in [1.82, 2.24) is 20.2 Å². The molecule has 1 aliphatic rings. The number of amides is 1. The Hall–Kier alpha value is -1.40. The number of hydrogen-bond donors (Lipinski definition) is 1. The molecule has 1 aliphatic heterocycles. The van der Waals surface area contributed by atoms with Gasteiger partial charge in [-0.1, -0.05) is 27.7 Å². The normalized spacial score (nSPS) is 12.9. The quantitative estimate of drug-likeness (QED) is 0.852. The van der Waals surface area contributed by atoms with Crippen LogP contribution in [-0.4, -0.2) is 41.5 Å². The van der Waals surface area contributed by atoms with Gasteiger partial charge in [-0.15, -0.1) is 0 Å². The van der Waals surface area contributed by atoms with E-state index in [0.717, 1.165) is 37.3 Å². The maximum atomic E-state index is 12.0. The van der Waals surface area contributed by atoms with Crippen LogP contribution in [0.15, 0.2) is 0 Å². The number of hydrogen-bond acceptors (Lipinski definition) is 4. The molecule has 1 N–H and O–H groups in total. The standard InChI is InChI=1S/C11H18N4O2.2C2H6/c1-8-9-7-12-5-4-6-15(9)13-10(8)11(16)14(2)17-3;2*1-2/h12H,4-7H2,1-3H3;2*1-2H3. The zero-order valence-corrected chi connectivity index (χ0v) is 14.5. The van der Waals surface area contributed by atoms with Crippen molar-refractivity contribution in [2.45, 2.75) is 54.1 Å². The Morgan fingerprint density at radius 3 is 2.52 bits per heavy atom. The number of nitrogens with zero attached hydrogens (tertiary/aromatic N) is 3. The monoisotopic (exact) mass is 298 g/mol. The van der Waals surface area contributed by atoms with E-state index in [1.54, 1.807) is 7.05 Å². The van der Waals surface area contributed by atoms with Crippen LogP contribution in [0.3, 0.4) is 0 Å². The SMILES string of the molecule is CC.CC.CON(C)C(=O)c1nn2c(c1C)CNCCC2. The maximum Gasteiger partial charge on any atom is 0.297 e. The lowest BCUT2D eigenvalue weighted by Gasteiger charge is -2.12. The average Bonchev–Trinajstić information content (AvgIpc) is 2.73. The second-order valence-corrected chi connectivity index (χ2v) is 4.16. The molecule has 0 bridgehead atoms. The van der Waals surface area contributed by atoms with Gasteiger partial charge in [0.2, 0.25) is 0 Å². The van der Waals surface area contributed by atoms with Crippen molar-refractivity contribution in [1.29, 1.82) is 0 Å². The Kier molecular flexibility index (Phi) is 9.65. The van der Waals surface area contributed by atoms with E-state index in [4.69, 9.17) is 4.84 Å². The highest BCUT2D eigenvalue weighted by Gasteiger charge is 2.23. The molecule has 0 aromatic carbocycles. The molecule has 2 heterocycles. The molecule has 1 aromatic rings. The van der Waals surface area contributed by atoms with Crippen LogP contribution in [0.2, 0.25) is 0 Å². The van der Waals surface area contributed by atoms with Crippen molar-refractivity contribution in [2.24, 2.45) is 0 Å². The van der Waals surface area contributed by atoms with Gasteiger partial charge < -0.3 is 5.32 Å². The number of nitrogens with one attached hydrogen (secondary N) is 1. The van der Waals surface area contributed by atoms with Crippen LogP contribution >= 0.6 is 0 Å². The number of fused-ring (bicyclic) bond motifs is 1. The van der Waals surface area contributed by atoms with Crippen LogP contribution in [0.4, 0.5) is 0 Å². The largest absolute Gasteiger partial charge is 0.311 e. The number of aromatic nitrogens is 2. The highest BCUT2D eigenvalue weighted by molar-refractivity contribution is 5.93. The lowest BCUT2D eigenvalue weighted by Crippen LogP contribution is -2.26. The van der Waals surface area contributed by atoms with Gasteiger partial charge in [0, 0.05) is 25.7 Å². The van der Waals surface area contributed by atoms with E-state index in [1.807, 2.05) is 39.3 Å². The first-order valence-corrected chi connectivity index (χ1v) is 7.74. The molecular formula is C15H30N4O2. The first kappa shape index (κ1) is 19.6. The van der Waals surface area contributed by atoms with E-state index >= 15 is 0 Å². The number of hydroxylamine groups is 2. The minimum atomic E-state index is -0.203. The number of carbonyl (C=O) groups is 1. The van der Waals surface area contributed by atoms with Crippen LogP contribution in [0.5, 0.6) is 0 Å². The van der Waals surface area contributed by atoms with Gasteiger partial charge in [0.25, 0.3) is 5.91 Å². The third-order valence-electron chi connectivity index (χ3n) is 3.10. The molecule has 0 fully saturated rings.